The third-order valence-electron chi connectivity index (χ3n) is 4.11. The molecular formula is C16H22N4. The standard InChI is InChI=1S/C16H22N4/c1-13-5-3-7-15(18-13)20-9-4-6-14(12-20)11-16-17-8-10-19(16)2/h3,5,7-8,10,14H,4,6,9,11-12H2,1-2H3. The van der Waals surface area contributed by atoms with Gasteiger partial charge in [-0.1, -0.05) is 6.07 Å². The Labute approximate surface area is 120 Å². The van der Waals surface area contributed by atoms with Crippen molar-refractivity contribution in [1.82, 2.24) is 14.5 Å². The van der Waals surface area contributed by atoms with Crippen LogP contribution in [0.15, 0.2) is 30.6 Å². The van der Waals surface area contributed by atoms with Crippen LogP contribution in [0.25, 0.3) is 0 Å². The fraction of sp³-hybridized carbons (Fsp3) is 0.500. The van der Waals surface area contributed by atoms with E-state index < -0.39 is 0 Å². The molecule has 106 valence electrons. The number of aromatic nitrogens is 3. The summed E-state index contributed by atoms with van der Waals surface area (Å²) in [6, 6.07) is 6.27. The number of pyridine rings is 1. The number of anilines is 1. The molecule has 0 saturated carbocycles. The highest BCUT2D eigenvalue weighted by molar-refractivity contribution is 5.39. The third-order valence-corrected chi connectivity index (χ3v) is 4.11. The zero-order chi connectivity index (χ0) is 13.9. The molecule has 4 nitrogen and oxygen atoms in total. The van der Waals surface area contributed by atoms with Gasteiger partial charge in [-0.05, 0) is 37.8 Å². The normalized spacial score (nSPS) is 19.3. The number of piperidine rings is 1. The lowest BCUT2D eigenvalue weighted by atomic mass is 9.94. The first-order chi connectivity index (χ1) is 9.72. The van der Waals surface area contributed by atoms with Crippen molar-refractivity contribution in [3.8, 4) is 0 Å². The molecule has 1 aliphatic heterocycles. The smallest absolute Gasteiger partial charge is 0.128 e. The molecule has 0 aromatic carbocycles. The number of hydrogen-bond acceptors (Lipinski definition) is 3. The van der Waals surface area contributed by atoms with Gasteiger partial charge in [0.05, 0.1) is 0 Å². The topological polar surface area (TPSA) is 34.0 Å². The van der Waals surface area contributed by atoms with Gasteiger partial charge in [-0.25, -0.2) is 9.97 Å². The van der Waals surface area contributed by atoms with Gasteiger partial charge in [-0.3, -0.25) is 0 Å². The van der Waals surface area contributed by atoms with Crippen molar-refractivity contribution in [3.63, 3.8) is 0 Å². The van der Waals surface area contributed by atoms with Gasteiger partial charge in [0.2, 0.25) is 0 Å². The van der Waals surface area contributed by atoms with E-state index in [1.807, 2.05) is 12.4 Å². The highest BCUT2D eigenvalue weighted by atomic mass is 15.2. The molecule has 0 aliphatic carbocycles. The first kappa shape index (κ1) is 13.2. The summed E-state index contributed by atoms with van der Waals surface area (Å²) in [6.45, 7) is 4.26. The van der Waals surface area contributed by atoms with Gasteiger partial charge in [-0.15, -0.1) is 0 Å². The monoisotopic (exact) mass is 270 g/mol. The summed E-state index contributed by atoms with van der Waals surface area (Å²) < 4.78 is 2.13. The molecule has 1 fully saturated rings. The van der Waals surface area contributed by atoms with E-state index in [9.17, 15) is 0 Å². The predicted octanol–water partition coefficient (Wildman–Crippen LogP) is 2.58. The van der Waals surface area contributed by atoms with Crippen molar-refractivity contribution < 1.29 is 0 Å². The largest absolute Gasteiger partial charge is 0.356 e. The Kier molecular flexibility index (Phi) is 3.72. The van der Waals surface area contributed by atoms with Gasteiger partial charge >= 0.3 is 0 Å². The van der Waals surface area contributed by atoms with E-state index in [2.05, 4.69) is 51.6 Å². The molecule has 3 heterocycles. The van der Waals surface area contributed by atoms with Crippen LogP contribution >= 0.6 is 0 Å². The molecular weight excluding hydrogens is 248 g/mol. The quantitative estimate of drug-likeness (QED) is 0.859. The van der Waals surface area contributed by atoms with Crippen molar-refractivity contribution in [2.75, 3.05) is 18.0 Å². The summed E-state index contributed by atoms with van der Waals surface area (Å²) in [5.41, 5.74) is 1.09. The van der Waals surface area contributed by atoms with E-state index in [0.717, 1.165) is 31.0 Å². The number of imidazole rings is 1. The zero-order valence-electron chi connectivity index (χ0n) is 12.3. The van der Waals surface area contributed by atoms with Gasteiger partial charge in [0.25, 0.3) is 0 Å². The Balaban J connectivity index is 1.69. The summed E-state index contributed by atoms with van der Waals surface area (Å²) in [6.07, 6.45) is 7.50. The van der Waals surface area contributed by atoms with Crippen LogP contribution in [0.1, 0.15) is 24.4 Å². The maximum absolute atomic E-state index is 4.65. The molecule has 3 rings (SSSR count). The third kappa shape index (κ3) is 2.84. The Bertz CT molecular complexity index is 575. The Morgan fingerprint density at radius 2 is 2.25 bits per heavy atom. The van der Waals surface area contributed by atoms with E-state index in [-0.39, 0.29) is 0 Å². The second-order valence-corrected chi connectivity index (χ2v) is 5.75. The molecule has 0 spiro atoms. The molecule has 2 aromatic rings. The Morgan fingerprint density at radius 1 is 1.35 bits per heavy atom. The fourth-order valence-corrected chi connectivity index (χ4v) is 3.00. The summed E-state index contributed by atoms with van der Waals surface area (Å²) in [5.74, 6) is 2.98. The van der Waals surface area contributed by atoms with Crippen LogP contribution in [0.2, 0.25) is 0 Å². The average Bonchev–Trinajstić information content (AvgIpc) is 2.85. The van der Waals surface area contributed by atoms with Gasteiger partial charge in [0, 0.05) is 44.6 Å². The Morgan fingerprint density at radius 3 is 3.00 bits per heavy atom. The number of hydrogen-bond donors (Lipinski definition) is 0. The highest BCUT2D eigenvalue weighted by Crippen LogP contribution is 2.24. The van der Waals surface area contributed by atoms with Crippen molar-refractivity contribution in [3.05, 3.63) is 42.1 Å². The number of rotatable bonds is 3. The minimum absolute atomic E-state index is 0.673. The van der Waals surface area contributed by atoms with Gasteiger partial charge in [0.15, 0.2) is 0 Å². The SMILES string of the molecule is Cc1cccc(N2CCCC(Cc3nccn3C)C2)n1. The molecule has 0 N–H and O–H groups in total. The fourth-order valence-electron chi connectivity index (χ4n) is 3.00. The first-order valence-electron chi connectivity index (χ1n) is 7.37. The molecule has 1 atom stereocenters. The van der Waals surface area contributed by atoms with Crippen LogP contribution in [0.3, 0.4) is 0 Å². The summed E-state index contributed by atoms with van der Waals surface area (Å²) in [5, 5.41) is 0. The van der Waals surface area contributed by atoms with Crippen molar-refractivity contribution >= 4 is 5.82 Å². The van der Waals surface area contributed by atoms with E-state index >= 15 is 0 Å². The van der Waals surface area contributed by atoms with E-state index in [1.54, 1.807) is 0 Å². The van der Waals surface area contributed by atoms with Crippen LogP contribution in [-0.4, -0.2) is 27.6 Å². The van der Waals surface area contributed by atoms with Crippen molar-refractivity contribution in [2.45, 2.75) is 26.2 Å². The van der Waals surface area contributed by atoms with Gasteiger partial charge in [-0.2, -0.15) is 0 Å². The molecule has 1 unspecified atom stereocenters. The molecule has 0 bridgehead atoms. The molecule has 1 saturated heterocycles. The highest BCUT2D eigenvalue weighted by Gasteiger charge is 2.22. The number of nitrogens with zero attached hydrogens (tertiary/aromatic N) is 4. The second kappa shape index (κ2) is 5.65. The second-order valence-electron chi connectivity index (χ2n) is 5.75. The van der Waals surface area contributed by atoms with Crippen LogP contribution < -0.4 is 4.90 Å². The van der Waals surface area contributed by atoms with Crippen LogP contribution in [-0.2, 0) is 13.5 Å². The predicted molar refractivity (Wildman–Crippen MR) is 80.8 cm³/mol. The van der Waals surface area contributed by atoms with Crippen molar-refractivity contribution in [1.29, 1.82) is 0 Å². The lowest BCUT2D eigenvalue weighted by Gasteiger charge is -2.33. The van der Waals surface area contributed by atoms with Gasteiger partial charge in [0.1, 0.15) is 11.6 Å². The average molecular weight is 270 g/mol. The minimum atomic E-state index is 0.673. The van der Waals surface area contributed by atoms with Crippen LogP contribution in [0.4, 0.5) is 5.82 Å². The number of aryl methyl sites for hydroxylation is 2. The van der Waals surface area contributed by atoms with E-state index in [4.69, 9.17) is 0 Å². The maximum Gasteiger partial charge on any atom is 0.128 e. The van der Waals surface area contributed by atoms with Gasteiger partial charge < -0.3 is 9.47 Å². The molecule has 4 heteroatoms. The Hall–Kier alpha value is -1.84. The minimum Gasteiger partial charge on any atom is -0.356 e. The molecule has 0 radical (unpaired) electrons. The lowest BCUT2D eigenvalue weighted by molar-refractivity contribution is 0.401. The molecule has 1 aliphatic rings. The summed E-state index contributed by atoms with van der Waals surface area (Å²) >= 11 is 0. The van der Waals surface area contributed by atoms with E-state index in [1.165, 1.54) is 18.7 Å². The maximum atomic E-state index is 4.65. The summed E-state index contributed by atoms with van der Waals surface area (Å²) in [7, 11) is 2.07. The lowest BCUT2D eigenvalue weighted by Crippen LogP contribution is -2.37. The molecule has 0 amide bonds. The molecule has 2 aromatic heterocycles. The first-order valence-corrected chi connectivity index (χ1v) is 7.37. The molecule has 20 heavy (non-hydrogen) atoms. The van der Waals surface area contributed by atoms with E-state index in [0.29, 0.717) is 5.92 Å². The summed E-state index contributed by atoms with van der Waals surface area (Å²) in [4.78, 5) is 11.5. The van der Waals surface area contributed by atoms with Crippen molar-refractivity contribution in [2.24, 2.45) is 13.0 Å². The van der Waals surface area contributed by atoms with Crippen LogP contribution in [0, 0.1) is 12.8 Å². The zero-order valence-corrected chi connectivity index (χ0v) is 12.3. The van der Waals surface area contributed by atoms with Crippen LogP contribution in [0.5, 0.6) is 0 Å².